The van der Waals surface area contributed by atoms with E-state index >= 15 is 0 Å². The molecule has 1 N–H and O–H groups in total. The summed E-state index contributed by atoms with van der Waals surface area (Å²) >= 11 is 0. The van der Waals surface area contributed by atoms with Crippen molar-refractivity contribution in [1.82, 2.24) is 4.90 Å². The van der Waals surface area contributed by atoms with Crippen LogP contribution in [0.5, 0.6) is 5.75 Å². The van der Waals surface area contributed by atoms with Crippen LogP contribution in [0, 0.1) is 0 Å². The number of morpholine rings is 1. The molecule has 0 radical (unpaired) electrons. The molecule has 1 heterocycles. The molecule has 0 spiro atoms. The lowest BCUT2D eigenvalue weighted by Gasteiger charge is -2.41. The van der Waals surface area contributed by atoms with E-state index in [4.69, 9.17) is 9.47 Å². The smallest absolute Gasteiger partial charge is 0.118 e. The number of hydrogen-bond acceptors (Lipinski definition) is 4. The van der Waals surface area contributed by atoms with Crippen molar-refractivity contribution in [3.63, 3.8) is 0 Å². The van der Waals surface area contributed by atoms with E-state index in [0.29, 0.717) is 0 Å². The monoisotopic (exact) mass is 433 g/mol. The van der Waals surface area contributed by atoms with Gasteiger partial charge in [-0.25, -0.2) is 0 Å². The highest BCUT2D eigenvalue weighted by Crippen LogP contribution is 2.42. The molecule has 0 aliphatic carbocycles. The van der Waals surface area contributed by atoms with Crippen molar-refractivity contribution in [2.75, 3.05) is 40.0 Å². The van der Waals surface area contributed by atoms with E-state index < -0.39 is 5.60 Å². The minimum atomic E-state index is -0.929. The van der Waals surface area contributed by atoms with Crippen LogP contribution in [-0.4, -0.2) is 50.0 Å². The largest absolute Gasteiger partial charge is 0.497 e. The molecular weight excluding hydrogens is 398 g/mol. The summed E-state index contributed by atoms with van der Waals surface area (Å²) in [5.41, 5.74) is 1.23. The molecular formula is C25H36ClNO3. The summed E-state index contributed by atoms with van der Waals surface area (Å²) in [4.78, 5) is 2.43. The number of halogens is 1. The fourth-order valence-corrected chi connectivity index (χ4v) is 4.30. The minimum absolute atomic E-state index is 0. The van der Waals surface area contributed by atoms with Crippen LogP contribution in [0.2, 0.25) is 0 Å². The van der Waals surface area contributed by atoms with Crippen molar-refractivity contribution < 1.29 is 14.6 Å². The van der Waals surface area contributed by atoms with Gasteiger partial charge < -0.3 is 14.6 Å². The molecule has 1 aliphatic rings. The molecule has 1 saturated heterocycles. The van der Waals surface area contributed by atoms with E-state index in [1.165, 1.54) is 5.56 Å². The van der Waals surface area contributed by atoms with Crippen LogP contribution in [0.1, 0.15) is 49.7 Å². The van der Waals surface area contributed by atoms with E-state index in [1.807, 2.05) is 30.3 Å². The maximum absolute atomic E-state index is 12.2. The standard InChI is InChI=1S/C25H35NO3.ClH/c1-3-4-8-15-25(27,22-11-13-23(28-2)14-12-22)24(21-9-6-5-7-10-21)20-26-16-18-29-19-17-26;/h5-7,9-14,24,27H,3-4,8,15-20H2,1-2H3;1H. The minimum Gasteiger partial charge on any atom is -0.497 e. The molecule has 2 aromatic rings. The van der Waals surface area contributed by atoms with Gasteiger partial charge in [0.15, 0.2) is 0 Å². The fourth-order valence-electron chi connectivity index (χ4n) is 4.30. The Morgan fingerprint density at radius 2 is 1.70 bits per heavy atom. The number of unbranched alkanes of at least 4 members (excludes halogenated alkanes) is 2. The Hall–Kier alpha value is -1.59. The maximum Gasteiger partial charge on any atom is 0.118 e. The second-order valence-corrected chi connectivity index (χ2v) is 7.99. The summed E-state index contributed by atoms with van der Waals surface area (Å²) in [5.74, 6) is 0.807. The first-order chi connectivity index (χ1) is 14.2. The molecule has 1 fully saturated rings. The first-order valence-corrected chi connectivity index (χ1v) is 10.9. The Bertz CT molecular complexity index is 719. The Morgan fingerprint density at radius 1 is 1.03 bits per heavy atom. The van der Waals surface area contributed by atoms with Crippen molar-refractivity contribution >= 4 is 12.4 Å². The molecule has 1 aliphatic heterocycles. The van der Waals surface area contributed by atoms with Gasteiger partial charge in [0.25, 0.3) is 0 Å². The van der Waals surface area contributed by atoms with E-state index in [0.717, 1.165) is 69.8 Å². The lowest BCUT2D eigenvalue weighted by molar-refractivity contribution is -0.0295. The van der Waals surface area contributed by atoms with Crippen LogP contribution in [0.3, 0.4) is 0 Å². The molecule has 30 heavy (non-hydrogen) atoms. The SMILES string of the molecule is CCCCCC(O)(c1ccc(OC)cc1)C(CN1CCOCC1)c1ccccc1.Cl. The maximum atomic E-state index is 12.2. The molecule has 4 nitrogen and oxygen atoms in total. The summed E-state index contributed by atoms with van der Waals surface area (Å²) < 4.78 is 10.9. The third kappa shape index (κ3) is 6.21. The summed E-state index contributed by atoms with van der Waals surface area (Å²) in [6, 6.07) is 18.5. The van der Waals surface area contributed by atoms with Crippen molar-refractivity contribution in [2.24, 2.45) is 0 Å². The van der Waals surface area contributed by atoms with Gasteiger partial charge in [-0.15, -0.1) is 12.4 Å². The first kappa shape index (κ1) is 24.7. The highest BCUT2D eigenvalue weighted by atomic mass is 35.5. The van der Waals surface area contributed by atoms with E-state index in [1.54, 1.807) is 7.11 Å². The number of rotatable bonds is 10. The van der Waals surface area contributed by atoms with Gasteiger partial charge in [-0.2, -0.15) is 0 Å². The molecule has 2 atom stereocenters. The topological polar surface area (TPSA) is 41.9 Å². The van der Waals surface area contributed by atoms with Crippen LogP contribution in [0.25, 0.3) is 0 Å². The lowest BCUT2D eigenvalue weighted by atomic mass is 9.74. The molecule has 0 bridgehead atoms. The highest BCUT2D eigenvalue weighted by Gasteiger charge is 2.40. The molecule has 2 unspecified atom stereocenters. The van der Waals surface area contributed by atoms with Crippen LogP contribution < -0.4 is 4.74 Å². The number of aliphatic hydroxyl groups is 1. The average Bonchev–Trinajstić information content (AvgIpc) is 2.79. The molecule has 2 aromatic carbocycles. The quantitative estimate of drug-likeness (QED) is 0.535. The van der Waals surface area contributed by atoms with Crippen LogP contribution in [-0.2, 0) is 10.3 Å². The number of methoxy groups -OCH3 is 1. The van der Waals surface area contributed by atoms with Crippen molar-refractivity contribution in [3.8, 4) is 5.75 Å². The van der Waals surface area contributed by atoms with Crippen molar-refractivity contribution in [2.45, 2.75) is 44.1 Å². The van der Waals surface area contributed by atoms with Crippen LogP contribution in [0.4, 0.5) is 0 Å². The second kappa shape index (κ2) is 12.3. The van der Waals surface area contributed by atoms with Crippen LogP contribution >= 0.6 is 12.4 Å². The van der Waals surface area contributed by atoms with Gasteiger partial charge in [-0.1, -0.05) is 68.7 Å². The third-order valence-electron chi connectivity index (χ3n) is 6.07. The Morgan fingerprint density at radius 3 is 2.30 bits per heavy atom. The molecule has 0 amide bonds. The highest BCUT2D eigenvalue weighted by molar-refractivity contribution is 5.85. The number of hydrogen-bond donors (Lipinski definition) is 1. The zero-order valence-electron chi connectivity index (χ0n) is 18.3. The zero-order chi connectivity index (χ0) is 20.5. The van der Waals surface area contributed by atoms with Gasteiger partial charge in [0.1, 0.15) is 5.75 Å². The second-order valence-electron chi connectivity index (χ2n) is 7.99. The van der Waals surface area contributed by atoms with Gasteiger partial charge in [-0.3, -0.25) is 4.90 Å². The Labute approximate surface area is 187 Å². The summed E-state index contributed by atoms with van der Waals surface area (Å²) in [7, 11) is 1.67. The van der Waals surface area contributed by atoms with Gasteiger partial charge >= 0.3 is 0 Å². The summed E-state index contributed by atoms with van der Waals surface area (Å²) in [5, 5.41) is 12.2. The fraction of sp³-hybridized carbons (Fsp3) is 0.520. The van der Waals surface area contributed by atoms with Gasteiger partial charge in [0.2, 0.25) is 0 Å². The molecule has 0 saturated carbocycles. The van der Waals surface area contributed by atoms with Crippen molar-refractivity contribution in [3.05, 3.63) is 65.7 Å². The number of nitrogens with zero attached hydrogens (tertiary/aromatic N) is 1. The number of benzene rings is 2. The third-order valence-corrected chi connectivity index (χ3v) is 6.07. The predicted octanol–water partition coefficient (Wildman–Crippen LogP) is 5.00. The zero-order valence-corrected chi connectivity index (χ0v) is 19.1. The predicted molar refractivity (Wildman–Crippen MR) is 125 cm³/mol. The van der Waals surface area contributed by atoms with Crippen molar-refractivity contribution in [1.29, 1.82) is 0 Å². The van der Waals surface area contributed by atoms with Gasteiger partial charge in [0.05, 0.1) is 25.9 Å². The Kier molecular flexibility index (Phi) is 10.1. The van der Waals surface area contributed by atoms with Crippen LogP contribution in [0.15, 0.2) is 54.6 Å². The summed E-state index contributed by atoms with van der Waals surface area (Å²) in [6.45, 7) is 6.38. The molecule has 0 aromatic heterocycles. The van der Waals surface area contributed by atoms with Gasteiger partial charge in [-0.05, 0) is 29.7 Å². The number of ether oxygens (including phenoxy) is 2. The van der Waals surface area contributed by atoms with E-state index in [2.05, 4.69) is 36.1 Å². The Balaban J connectivity index is 0.00000320. The molecule has 3 rings (SSSR count). The lowest BCUT2D eigenvalue weighted by Crippen LogP contribution is -2.45. The van der Waals surface area contributed by atoms with E-state index in [-0.39, 0.29) is 18.3 Å². The summed E-state index contributed by atoms with van der Waals surface area (Å²) in [6.07, 6.45) is 4.01. The molecule has 166 valence electrons. The normalized spacial score (nSPS) is 17.6. The van der Waals surface area contributed by atoms with Gasteiger partial charge in [0, 0.05) is 25.6 Å². The average molecular weight is 434 g/mol. The van der Waals surface area contributed by atoms with E-state index in [9.17, 15) is 5.11 Å². The molecule has 5 heteroatoms. The first-order valence-electron chi connectivity index (χ1n) is 10.9.